The van der Waals surface area contributed by atoms with Crippen molar-refractivity contribution in [2.75, 3.05) is 5.32 Å². The molecule has 1 unspecified atom stereocenters. The molecule has 1 aliphatic heterocycles. The molecule has 0 bridgehead atoms. The summed E-state index contributed by atoms with van der Waals surface area (Å²) < 4.78 is 13.2. The Morgan fingerprint density at radius 1 is 1.11 bits per heavy atom. The third kappa shape index (κ3) is 1.88. The smallest absolute Gasteiger partial charge is 0.123 e. The number of halogens is 1. The molecule has 1 heterocycles. The van der Waals surface area contributed by atoms with Crippen LogP contribution in [0.25, 0.3) is 0 Å². The van der Waals surface area contributed by atoms with Crippen molar-refractivity contribution in [2.45, 2.75) is 26.3 Å². The van der Waals surface area contributed by atoms with E-state index in [1.165, 1.54) is 22.8 Å². The first kappa shape index (κ1) is 11.3. The SMILES string of the molecule is Cc1ccc(C2Cc3cc(F)ccc3N2)c(C)c1. The molecule has 0 saturated heterocycles. The molecule has 0 radical (unpaired) electrons. The Bertz CT molecular complexity index is 604. The Kier molecular flexibility index (Phi) is 2.58. The number of benzene rings is 2. The number of rotatable bonds is 1. The molecule has 0 aromatic heterocycles. The van der Waals surface area contributed by atoms with E-state index >= 15 is 0 Å². The van der Waals surface area contributed by atoms with Crippen molar-refractivity contribution in [3.8, 4) is 0 Å². The minimum absolute atomic E-state index is 0.156. The number of anilines is 1. The Balaban J connectivity index is 1.93. The summed E-state index contributed by atoms with van der Waals surface area (Å²) >= 11 is 0. The number of nitrogens with one attached hydrogen (secondary N) is 1. The summed E-state index contributed by atoms with van der Waals surface area (Å²) in [4.78, 5) is 0. The van der Waals surface area contributed by atoms with Gasteiger partial charge in [-0.25, -0.2) is 4.39 Å². The molecule has 0 aliphatic carbocycles. The van der Waals surface area contributed by atoms with E-state index in [-0.39, 0.29) is 11.9 Å². The van der Waals surface area contributed by atoms with E-state index in [0.717, 1.165) is 17.7 Å². The van der Waals surface area contributed by atoms with Crippen LogP contribution in [0.4, 0.5) is 10.1 Å². The summed E-state index contributed by atoms with van der Waals surface area (Å²) in [5, 5.41) is 3.47. The van der Waals surface area contributed by atoms with Crippen molar-refractivity contribution in [1.29, 1.82) is 0 Å². The van der Waals surface area contributed by atoms with Crippen molar-refractivity contribution < 1.29 is 4.39 Å². The summed E-state index contributed by atoms with van der Waals surface area (Å²) in [6.45, 7) is 4.23. The molecular weight excluding hydrogens is 225 g/mol. The predicted molar refractivity (Wildman–Crippen MR) is 72.4 cm³/mol. The molecule has 1 aliphatic rings. The van der Waals surface area contributed by atoms with E-state index in [1.807, 2.05) is 6.07 Å². The molecule has 2 heteroatoms. The van der Waals surface area contributed by atoms with Crippen LogP contribution in [0.1, 0.15) is 28.3 Å². The maximum atomic E-state index is 13.2. The molecule has 92 valence electrons. The molecule has 1 nitrogen and oxygen atoms in total. The van der Waals surface area contributed by atoms with E-state index in [1.54, 1.807) is 6.07 Å². The van der Waals surface area contributed by atoms with Crippen LogP contribution in [-0.4, -0.2) is 0 Å². The second kappa shape index (κ2) is 4.13. The number of aryl methyl sites for hydroxylation is 2. The molecule has 2 aromatic carbocycles. The monoisotopic (exact) mass is 241 g/mol. The molecule has 0 spiro atoms. The molecule has 1 N–H and O–H groups in total. The average Bonchev–Trinajstić information content (AvgIpc) is 2.71. The summed E-state index contributed by atoms with van der Waals surface area (Å²) in [5.74, 6) is -0.156. The second-order valence-electron chi connectivity index (χ2n) is 5.06. The molecule has 0 fully saturated rings. The zero-order valence-corrected chi connectivity index (χ0v) is 10.6. The van der Waals surface area contributed by atoms with Gasteiger partial charge in [-0.05, 0) is 55.2 Å². The van der Waals surface area contributed by atoms with Crippen LogP contribution in [-0.2, 0) is 6.42 Å². The molecule has 0 amide bonds. The standard InChI is InChI=1S/C16H16FN/c1-10-3-5-14(11(2)7-10)16-9-12-8-13(17)4-6-15(12)18-16/h3-8,16,18H,9H2,1-2H3. The van der Waals surface area contributed by atoms with Gasteiger partial charge in [0.2, 0.25) is 0 Å². The first-order chi connectivity index (χ1) is 8.63. The van der Waals surface area contributed by atoms with Crippen LogP contribution < -0.4 is 5.32 Å². The van der Waals surface area contributed by atoms with E-state index in [4.69, 9.17) is 0 Å². The fourth-order valence-electron chi connectivity index (χ4n) is 2.73. The van der Waals surface area contributed by atoms with Crippen LogP contribution in [0.5, 0.6) is 0 Å². The lowest BCUT2D eigenvalue weighted by atomic mass is 9.97. The van der Waals surface area contributed by atoms with E-state index in [9.17, 15) is 4.39 Å². The topological polar surface area (TPSA) is 12.0 Å². The number of fused-ring (bicyclic) bond motifs is 1. The van der Waals surface area contributed by atoms with Gasteiger partial charge in [0.1, 0.15) is 5.82 Å². The second-order valence-corrected chi connectivity index (χ2v) is 5.06. The highest BCUT2D eigenvalue weighted by Crippen LogP contribution is 2.35. The minimum atomic E-state index is -0.156. The van der Waals surface area contributed by atoms with E-state index < -0.39 is 0 Å². The highest BCUT2D eigenvalue weighted by molar-refractivity contribution is 5.59. The lowest BCUT2D eigenvalue weighted by Crippen LogP contribution is -2.07. The van der Waals surface area contributed by atoms with E-state index in [2.05, 4.69) is 37.4 Å². The van der Waals surface area contributed by atoms with Crippen molar-refractivity contribution >= 4 is 5.69 Å². The lowest BCUT2D eigenvalue weighted by Gasteiger charge is -2.15. The first-order valence-electron chi connectivity index (χ1n) is 6.25. The summed E-state index contributed by atoms with van der Waals surface area (Å²) in [7, 11) is 0. The Labute approximate surface area is 107 Å². The van der Waals surface area contributed by atoms with Gasteiger partial charge in [-0.3, -0.25) is 0 Å². The van der Waals surface area contributed by atoms with Crippen LogP contribution in [0, 0.1) is 19.7 Å². The van der Waals surface area contributed by atoms with Crippen LogP contribution in [0.15, 0.2) is 36.4 Å². The van der Waals surface area contributed by atoms with Crippen LogP contribution >= 0.6 is 0 Å². The normalized spacial score (nSPS) is 17.4. The third-order valence-electron chi connectivity index (χ3n) is 3.62. The molecule has 2 aromatic rings. The van der Waals surface area contributed by atoms with Gasteiger partial charge < -0.3 is 5.32 Å². The predicted octanol–water partition coefficient (Wildman–Crippen LogP) is 4.15. The fourth-order valence-corrected chi connectivity index (χ4v) is 2.73. The highest BCUT2D eigenvalue weighted by atomic mass is 19.1. The quantitative estimate of drug-likeness (QED) is 0.790. The third-order valence-corrected chi connectivity index (χ3v) is 3.62. The summed E-state index contributed by atoms with van der Waals surface area (Å²) in [6.07, 6.45) is 0.858. The van der Waals surface area contributed by atoms with Gasteiger partial charge in [-0.1, -0.05) is 23.8 Å². The molecule has 3 rings (SSSR count). The van der Waals surface area contributed by atoms with Crippen molar-refractivity contribution in [2.24, 2.45) is 0 Å². The number of hydrogen-bond acceptors (Lipinski definition) is 1. The van der Waals surface area contributed by atoms with E-state index in [0.29, 0.717) is 0 Å². The highest BCUT2D eigenvalue weighted by Gasteiger charge is 2.23. The first-order valence-corrected chi connectivity index (χ1v) is 6.25. The van der Waals surface area contributed by atoms with Crippen molar-refractivity contribution in [3.63, 3.8) is 0 Å². The van der Waals surface area contributed by atoms with Gasteiger partial charge in [0, 0.05) is 5.69 Å². The van der Waals surface area contributed by atoms with Crippen molar-refractivity contribution in [1.82, 2.24) is 0 Å². The maximum Gasteiger partial charge on any atom is 0.123 e. The van der Waals surface area contributed by atoms with Gasteiger partial charge in [0.15, 0.2) is 0 Å². The Hall–Kier alpha value is -1.83. The van der Waals surface area contributed by atoms with Crippen LogP contribution in [0.2, 0.25) is 0 Å². The maximum absolute atomic E-state index is 13.2. The summed E-state index contributed by atoms with van der Waals surface area (Å²) in [5.41, 5.74) is 6.00. The number of hydrogen-bond donors (Lipinski definition) is 1. The van der Waals surface area contributed by atoms with Crippen LogP contribution in [0.3, 0.4) is 0 Å². The zero-order valence-electron chi connectivity index (χ0n) is 10.6. The van der Waals surface area contributed by atoms with Gasteiger partial charge in [-0.15, -0.1) is 0 Å². The van der Waals surface area contributed by atoms with Gasteiger partial charge in [0.25, 0.3) is 0 Å². The van der Waals surface area contributed by atoms with Crippen molar-refractivity contribution in [3.05, 3.63) is 64.5 Å². The average molecular weight is 241 g/mol. The Morgan fingerprint density at radius 2 is 1.94 bits per heavy atom. The molecule has 18 heavy (non-hydrogen) atoms. The summed E-state index contributed by atoms with van der Waals surface area (Å²) in [6, 6.07) is 11.7. The largest absolute Gasteiger partial charge is 0.378 e. The van der Waals surface area contributed by atoms with Gasteiger partial charge in [0.05, 0.1) is 6.04 Å². The minimum Gasteiger partial charge on any atom is -0.378 e. The zero-order chi connectivity index (χ0) is 12.7. The lowest BCUT2D eigenvalue weighted by molar-refractivity contribution is 0.626. The van der Waals surface area contributed by atoms with Gasteiger partial charge >= 0.3 is 0 Å². The molecule has 1 atom stereocenters. The molecular formula is C16H16FN. The Morgan fingerprint density at radius 3 is 2.72 bits per heavy atom. The molecule has 0 saturated carbocycles. The van der Waals surface area contributed by atoms with Gasteiger partial charge in [-0.2, -0.15) is 0 Å². The fraction of sp³-hybridized carbons (Fsp3) is 0.250.